The number of nitrogens with zero attached hydrogens (tertiary/aromatic N) is 2. The number of hydrogen-bond acceptors (Lipinski definition) is 2. The molecule has 1 aromatic heterocycles. The highest BCUT2D eigenvalue weighted by atomic mass is 35.5. The van der Waals surface area contributed by atoms with E-state index >= 15 is 0 Å². The van der Waals surface area contributed by atoms with Crippen LogP contribution in [0.4, 0.5) is 0 Å². The maximum absolute atomic E-state index is 6.12. The molecular formula is C17H16ClN3. The maximum atomic E-state index is 6.12. The molecule has 0 aliphatic rings. The van der Waals surface area contributed by atoms with Crippen molar-refractivity contribution in [2.45, 2.75) is 6.42 Å². The summed E-state index contributed by atoms with van der Waals surface area (Å²) in [7, 11) is 0. The molecule has 0 saturated heterocycles. The van der Waals surface area contributed by atoms with E-state index in [0.717, 1.165) is 28.8 Å². The van der Waals surface area contributed by atoms with E-state index in [0.29, 0.717) is 11.6 Å². The van der Waals surface area contributed by atoms with Crippen molar-refractivity contribution in [3.63, 3.8) is 0 Å². The summed E-state index contributed by atoms with van der Waals surface area (Å²) in [5.74, 6) is 0. The van der Waals surface area contributed by atoms with Crippen LogP contribution in [0.1, 0.15) is 5.56 Å². The van der Waals surface area contributed by atoms with Gasteiger partial charge in [-0.2, -0.15) is 5.10 Å². The molecule has 106 valence electrons. The Bertz CT molecular complexity index is 735. The quantitative estimate of drug-likeness (QED) is 0.798. The lowest BCUT2D eigenvalue weighted by Gasteiger charge is -2.09. The summed E-state index contributed by atoms with van der Waals surface area (Å²) in [5, 5.41) is 5.16. The molecule has 0 unspecified atom stereocenters. The van der Waals surface area contributed by atoms with E-state index in [4.69, 9.17) is 17.3 Å². The molecule has 0 atom stereocenters. The highest BCUT2D eigenvalue weighted by Crippen LogP contribution is 2.23. The molecule has 0 bridgehead atoms. The van der Waals surface area contributed by atoms with Crippen molar-refractivity contribution in [1.29, 1.82) is 0 Å². The highest BCUT2D eigenvalue weighted by molar-refractivity contribution is 6.30. The Hall–Kier alpha value is -2.10. The minimum atomic E-state index is 0.599. The zero-order valence-electron chi connectivity index (χ0n) is 11.5. The molecule has 1 heterocycles. The molecule has 0 radical (unpaired) electrons. The minimum Gasteiger partial charge on any atom is -0.330 e. The fourth-order valence-electron chi connectivity index (χ4n) is 2.35. The smallest absolute Gasteiger partial charge is 0.0693 e. The van der Waals surface area contributed by atoms with Gasteiger partial charge in [0.2, 0.25) is 0 Å². The van der Waals surface area contributed by atoms with E-state index in [2.05, 4.69) is 17.2 Å². The number of rotatable bonds is 4. The van der Waals surface area contributed by atoms with Crippen molar-refractivity contribution in [2.75, 3.05) is 6.54 Å². The summed E-state index contributed by atoms with van der Waals surface area (Å²) in [6, 6.07) is 16.0. The molecule has 0 aliphatic heterocycles. The Morgan fingerprint density at radius 1 is 1.05 bits per heavy atom. The first-order chi connectivity index (χ1) is 10.3. The molecule has 21 heavy (non-hydrogen) atoms. The van der Waals surface area contributed by atoms with E-state index in [1.54, 1.807) is 0 Å². The third kappa shape index (κ3) is 2.99. The van der Waals surface area contributed by atoms with E-state index in [9.17, 15) is 0 Å². The van der Waals surface area contributed by atoms with Gasteiger partial charge in [0.25, 0.3) is 0 Å². The van der Waals surface area contributed by atoms with Crippen LogP contribution < -0.4 is 5.73 Å². The predicted octanol–water partition coefficient (Wildman–Crippen LogP) is 3.69. The van der Waals surface area contributed by atoms with Gasteiger partial charge < -0.3 is 5.73 Å². The van der Waals surface area contributed by atoms with Crippen molar-refractivity contribution in [3.05, 3.63) is 71.5 Å². The molecule has 0 aliphatic carbocycles. The lowest BCUT2D eigenvalue weighted by molar-refractivity contribution is 0.851. The van der Waals surface area contributed by atoms with Crippen molar-refractivity contribution in [3.8, 4) is 16.8 Å². The van der Waals surface area contributed by atoms with Crippen LogP contribution in [-0.4, -0.2) is 16.3 Å². The van der Waals surface area contributed by atoms with Crippen molar-refractivity contribution < 1.29 is 0 Å². The third-order valence-electron chi connectivity index (χ3n) is 3.40. The van der Waals surface area contributed by atoms with Crippen LogP contribution in [0.15, 0.2) is 60.9 Å². The normalized spacial score (nSPS) is 10.8. The molecule has 4 heteroatoms. The van der Waals surface area contributed by atoms with Crippen LogP contribution in [0.5, 0.6) is 0 Å². The molecule has 0 saturated carbocycles. The number of hydrogen-bond donors (Lipinski definition) is 1. The number of nitrogens with two attached hydrogens (primary N) is 1. The van der Waals surface area contributed by atoms with Gasteiger partial charge in [0.05, 0.1) is 11.9 Å². The highest BCUT2D eigenvalue weighted by Gasteiger charge is 2.08. The monoisotopic (exact) mass is 297 g/mol. The Kier molecular flexibility index (Phi) is 4.04. The minimum absolute atomic E-state index is 0.599. The zero-order valence-corrected chi connectivity index (χ0v) is 12.3. The predicted molar refractivity (Wildman–Crippen MR) is 86.8 cm³/mol. The summed E-state index contributed by atoms with van der Waals surface area (Å²) < 4.78 is 1.86. The molecule has 3 rings (SSSR count). The van der Waals surface area contributed by atoms with Gasteiger partial charge in [-0.05, 0) is 36.2 Å². The van der Waals surface area contributed by atoms with Crippen LogP contribution in [0.2, 0.25) is 5.02 Å². The summed E-state index contributed by atoms with van der Waals surface area (Å²) in [5.41, 5.74) is 10.0. The van der Waals surface area contributed by atoms with Gasteiger partial charge >= 0.3 is 0 Å². The first-order valence-corrected chi connectivity index (χ1v) is 7.24. The van der Waals surface area contributed by atoms with Crippen LogP contribution in [0.3, 0.4) is 0 Å². The van der Waals surface area contributed by atoms with Crippen LogP contribution in [-0.2, 0) is 6.42 Å². The molecular weight excluding hydrogens is 282 g/mol. The van der Waals surface area contributed by atoms with Gasteiger partial charge in [0.15, 0.2) is 0 Å². The molecule has 2 aromatic carbocycles. The van der Waals surface area contributed by atoms with Gasteiger partial charge in [-0.3, -0.25) is 0 Å². The second-order valence-electron chi connectivity index (χ2n) is 4.85. The fraction of sp³-hybridized carbons (Fsp3) is 0.118. The van der Waals surface area contributed by atoms with Gasteiger partial charge in [-0.25, -0.2) is 4.68 Å². The van der Waals surface area contributed by atoms with Crippen molar-refractivity contribution >= 4 is 11.6 Å². The molecule has 0 fully saturated rings. The van der Waals surface area contributed by atoms with Crippen LogP contribution in [0, 0.1) is 0 Å². The molecule has 3 nitrogen and oxygen atoms in total. The molecule has 0 amide bonds. The second-order valence-corrected chi connectivity index (χ2v) is 5.29. The largest absolute Gasteiger partial charge is 0.330 e. The van der Waals surface area contributed by atoms with Gasteiger partial charge in [-0.15, -0.1) is 0 Å². The Balaban J connectivity index is 2.02. The Morgan fingerprint density at radius 2 is 1.86 bits per heavy atom. The average molecular weight is 298 g/mol. The summed E-state index contributed by atoms with van der Waals surface area (Å²) in [6.07, 6.45) is 4.68. The molecule has 3 aromatic rings. The lowest BCUT2D eigenvalue weighted by atomic mass is 10.1. The topological polar surface area (TPSA) is 43.8 Å². The maximum Gasteiger partial charge on any atom is 0.0693 e. The number of benzene rings is 2. The summed E-state index contributed by atoms with van der Waals surface area (Å²) in [6.45, 7) is 0.599. The van der Waals surface area contributed by atoms with Gasteiger partial charge in [0.1, 0.15) is 0 Å². The van der Waals surface area contributed by atoms with Gasteiger partial charge in [0, 0.05) is 16.8 Å². The second kappa shape index (κ2) is 6.12. The van der Waals surface area contributed by atoms with E-state index < -0.39 is 0 Å². The van der Waals surface area contributed by atoms with E-state index in [-0.39, 0.29) is 0 Å². The van der Waals surface area contributed by atoms with Crippen molar-refractivity contribution in [2.24, 2.45) is 5.73 Å². The number of halogens is 1. The first kappa shape index (κ1) is 13.9. The molecule has 0 spiro atoms. The fourth-order valence-corrected chi connectivity index (χ4v) is 2.52. The number of aromatic nitrogens is 2. The molecule has 2 N–H and O–H groups in total. The third-order valence-corrected chi connectivity index (χ3v) is 3.63. The van der Waals surface area contributed by atoms with Crippen LogP contribution >= 0.6 is 11.6 Å². The summed E-state index contributed by atoms with van der Waals surface area (Å²) >= 11 is 6.12. The Morgan fingerprint density at radius 3 is 2.62 bits per heavy atom. The lowest BCUT2D eigenvalue weighted by Crippen LogP contribution is -2.07. The standard InChI is InChI=1S/C17H16ClN3/c18-16-7-6-14(8-9-19)17(10-16)21-12-15(11-20-21)13-4-2-1-3-5-13/h1-7,10-12H,8-9,19H2. The van der Waals surface area contributed by atoms with Gasteiger partial charge in [-0.1, -0.05) is 48.0 Å². The Labute approximate surface area is 129 Å². The SMILES string of the molecule is NCCc1ccc(Cl)cc1-n1cc(-c2ccccc2)cn1. The van der Waals surface area contributed by atoms with E-state index in [1.165, 1.54) is 0 Å². The summed E-state index contributed by atoms with van der Waals surface area (Å²) in [4.78, 5) is 0. The average Bonchev–Trinajstić information content (AvgIpc) is 3.00. The van der Waals surface area contributed by atoms with E-state index in [1.807, 2.05) is 53.5 Å². The first-order valence-electron chi connectivity index (χ1n) is 6.87. The van der Waals surface area contributed by atoms with Crippen LogP contribution in [0.25, 0.3) is 16.8 Å². The zero-order chi connectivity index (χ0) is 14.7. The van der Waals surface area contributed by atoms with Crippen molar-refractivity contribution in [1.82, 2.24) is 9.78 Å².